The summed E-state index contributed by atoms with van der Waals surface area (Å²) < 4.78 is 6.29. The van der Waals surface area contributed by atoms with E-state index in [0.29, 0.717) is 27.2 Å². The van der Waals surface area contributed by atoms with Crippen LogP contribution in [0.3, 0.4) is 0 Å². The first kappa shape index (κ1) is 14.8. The Hall–Kier alpha value is -2.79. The molecular formula is C19H13BrN2O2. The molecule has 5 heteroatoms. The number of phenols is 1. The third-order valence-electron chi connectivity index (χ3n) is 3.81. The summed E-state index contributed by atoms with van der Waals surface area (Å²) in [6.07, 6.45) is 0. The number of benzene rings is 3. The molecule has 3 N–H and O–H groups in total. The van der Waals surface area contributed by atoms with Crippen LogP contribution in [0, 0.1) is 0 Å². The predicted molar refractivity (Wildman–Crippen MR) is 98.7 cm³/mol. The Morgan fingerprint density at radius 3 is 2.54 bits per heavy atom. The van der Waals surface area contributed by atoms with E-state index in [-0.39, 0.29) is 5.75 Å². The summed E-state index contributed by atoms with van der Waals surface area (Å²) in [6, 6.07) is 19.2. The number of phenolic OH excluding ortho intramolecular Hbond substituents is 1. The maximum atomic E-state index is 10.2. The minimum Gasteiger partial charge on any atom is -0.506 e. The summed E-state index contributed by atoms with van der Waals surface area (Å²) in [5.41, 5.74) is 10.4. The number of anilines is 1. The van der Waals surface area contributed by atoms with Crippen LogP contribution in [0.2, 0.25) is 0 Å². The van der Waals surface area contributed by atoms with Gasteiger partial charge in [0.1, 0.15) is 11.3 Å². The monoisotopic (exact) mass is 380 g/mol. The largest absolute Gasteiger partial charge is 0.506 e. The molecular weight excluding hydrogens is 368 g/mol. The molecule has 0 aliphatic rings. The van der Waals surface area contributed by atoms with Gasteiger partial charge < -0.3 is 15.3 Å². The number of fused-ring (bicyclic) bond motifs is 1. The van der Waals surface area contributed by atoms with Crippen molar-refractivity contribution in [3.63, 3.8) is 0 Å². The molecule has 0 saturated carbocycles. The van der Waals surface area contributed by atoms with Crippen molar-refractivity contribution in [2.75, 3.05) is 5.73 Å². The van der Waals surface area contributed by atoms with E-state index in [1.807, 2.05) is 48.5 Å². The van der Waals surface area contributed by atoms with Gasteiger partial charge in [-0.1, -0.05) is 36.4 Å². The summed E-state index contributed by atoms with van der Waals surface area (Å²) in [6.45, 7) is 0. The van der Waals surface area contributed by atoms with Gasteiger partial charge in [0.2, 0.25) is 5.89 Å². The van der Waals surface area contributed by atoms with Crippen LogP contribution in [0.15, 0.2) is 69.6 Å². The molecule has 4 rings (SSSR count). The van der Waals surface area contributed by atoms with Crippen LogP contribution in [0.4, 0.5) is 5.69 Å². The lowest BCUT2D eigenvalue weighted by Crippen LogP contribution is -1.88. The smallest absolute Gasteiger partial charge is 0.231 e. The average molecular weight is 381 g/mol. The number of halogens is 1. The maximum absolute atomic E-state index is 10.2. The number of nitrogens with zero attached hydrogens (tertiary/aromatic N) is 1. The highest BCUT2D eigenvalue weighted by atomic mass is 79.9. The molecule has 0 spiro atoms. The summed E-state index contributed by atoms with van der Waals surface area (Å²) in [5.74, 6) is 0.389. The zero-order valence-electron chi connectivity index (χ0n) is 12.5. The Bertz CT molecular complexity index is 1040. The highest BCUT2D eigenvalue weighted by molar-refractivity contribution is 9.10. The third kappa shape index (κ3) is 2.53. The fraction of sp³-hybridized carbons (Fsp3) is 0. The molecule has 4 aromatic rings. The molecule has 0 amide bonds. The molecule has 118 valence electrons. The topological polar surface area (TPSA) is 72.3 Å². The van der Waals surface area contributed by atoms with Gasteiger partial charge in [-0.3, -0.25) is 0 Å². The second-order valence-electron chi connectivity index (χ2n) is 5.47. The fourth-order valence-corrected chi connectivity index (χ4v) is 3.11. The summed E-state index contributed by atoms with van der Waals surface area (Å²) in [5, 5.41) is 10.2. The van der Waals surface area contributed by atoms with Gasteiger partial charge in [0.05, 0.1) is 10.0 Å². The fourth-order valence-electron chi connectivity index (χ4n) is 2.64. The first-order valence-electron chi connectivity index (χ1n) is 7.36. The molecule has 0 aliphatic carbocycles. The molecule has 0 saturated heterocycles. The molecule has 0 aliphatic heterocycles. The van der Waals surface area contributed by atoms with Crippen molar-refractivity contribution < 1.29 is 9.52 Å². The molecule has 1 heterocycles. The SMILES string of the molecule is Nc1cc(Br)c(O)c(-c2nc3cc(-c4ccccc4)ccc3o2)c1. The lowest BCUT2D eigenvalue weighted by Gasteiger charge is -2.04. The van der Waals surface area contributed by atoms with E-state index >= 15 is 0 Å². The second-order valence-corrected chi connectivity index (χ2v) is 6.32. The second kappa shape index (κ2) is 5.69. The molecule has 1 aromatic heterocycles. The van der Waals surface area contributed by atoms with Gasteiger partial charge >= 0.3 is 0 Å². The van der Waals surface area contributed by atoms with Gasteiger partial charge in [-0.15, -0.1) is 0 Å². The first-order chi connectivity index (χ1) is 11.6. The predicted octanol–water partition coefficient (Wildman–Crippen LogP) is 5.21. The van der Waals surface area contributed by atoms with Gasteiger partial charge in [-0.2, -0.15) is 0 Å². The normalized spacial score (nSPS) is 11.0. The molecule has 0 fully saturated rings. The van der Waals surface area contributed by atoms with Gasteiger partial charge in [-0.25, -0.2) is 4.98 Å². The Labute approximate surface area is 146 Å². The third-order valence-corrected chi connectivity index (χ3v) is 4.42. The lowest BCUT2D eigenvalue weighted by molar-refractivity contribution is 0.471. The van der Waals surface area contributed by atoms with Crippen molar-refractivity contribution in [3.05, 3.63) is 65.1 Å². The van der Waals surface area contributed by atoms with Crippen molar-refractivity contribution in [1.29, 1.82) is 0 Å². The van der Waals surface area contributed by atoms with Crippen LogP contribution in [0.1, 0.15) is 0 Å². The van der Waals surface area contributed by atoms with Gasteiger partial charge in [0.15, 0.2) is 5.58 Å². The Kier molecular flexibility index (Phi) is 3.50. The number of nitrogens with two attached hydrogens (primary N) is 1. The van der Waals surface area contributed by atoms with Gasteiger partial charge in [-0.05, 0) is 51.3 Å². The van der Waals surface area contributed by atoms with Crippen molar-refractivity contribution in [1.82, 2.24) is 4.98 Å². The van der Waals surface area contributed by atoms with E-state index in [2.05, 4.69) is 20.9 Å². The van der Waals surface area contributed by atoms with E-state index in [1.165, 1.54) is 0 Å². The molecule has 24 heavy (non-hydrogen) atoms. The van der Waals surface area contributed by atoms with Gasteiger partial charge in [0, 0.05) is 5.69 Å². The Morgan fingerprint density at radius 2 is 1.75 bits per heavy atom. The maximum Gasteiger partial charge on any atom is 0.231 e. The molecule has 0 atom stereocenters. The van der Waals surface area contributed by atoms with Crippen molar-refractivity contribution in [2.24, 2.45) is 0 Å². The van der Waals surface area contributed by atoms with Crippen molar-refractivity contribution in [2.45, 2.75) is 0 Å². The Balaban J connectivity index is 1.85. The highest BCUT2D eigenvalue weighted by Crippen LogP contribution is 2.38. The van der Waals surface area contributed by atoms with Crippen LogP contribution in [-0.4, -0.2) is 10.1 Å². The van der Waals surface area contributed by atoms with E-state index < -0.39 is 0 Å². The van der Waals surface area contributed by atoms with Crippen LogP contribution in [0.25, 0.3) is 33.7 Å². The van der Waals surface area contributed by atoms with E-state index in [0.717, 1.165) is 16.6 Å². The molecule has 0 radical (unpaired) electrons. The molecule has 0 bridgehead atoms. The highest BCUT2D eigenvalue weighted by Gasteiger charge is 2.16. The van der Waals surface area contributed by atoms with Gasteiger partial charge in [0.25, 0.3) is 0 Å². The van der Waals surface area contributed by atoms with Crippen LogP contribution < -0.4 is 5.73 Å². The average Bonchev–Trinajstić information content (AvgIpc) is 3.01. The molecule has 0 unspecified atom stereocenters. The number of oxazole rings is 1. The zero-order chi connectivity index (χ0) is 16.7. The molecule has 4 nitrogen and oxygen atoms in total. The number of hydrogen-bond acceptors (Lipinski definition) is 4. The van der Waals surface area contributed by atoms with Crippen LogP contribution in [0.5, 0.6) is 5.75 Å². The van der Waals surface area contributed by atoms with Crippen LogP contribution >= 0.6 is 15.9 Å². The number of nitrogen functional groups attached to an aromatic ring is 1. The molecule has 3 aromatic carbocycles. The minimum absolute atomic E-state index is 0.0547. The minimum atomic E-state index is 0.0547. The number of aromatic hydroxyl groups is 1. The van der Waals surface area contributed by atoms with Crippen molar-refractivity contribution >= 4 is 32.7 Å². The first-order valence-corrected chi connectivity index (χ1v) is 8.15. The zero-order valence-corrected chi connectivity index (χ0v) is 14.1. The Morgan fingerprint density at radius 1 is 0.958 bits per heavy atom. The lowest BCUT2D eigenvalue weighted by atomic mass is 10.1. The van der Waals surface area contributed by atoms with Crippen molar-refractivity contribution in [3.8, 4) is 28.3 Å². The van der Waals surface area contributed by atoms with Crippen LogP contribution in [-0.2, 0) is 0 Å². The van der Waals surface area contributed by atoms with E-state index in [4.69, 9.17) is 10.2 Å². The number of rotatable bonds is 2. The standard InChI is InChI=1S/C19H13BrN2O2/c20-15-10-13(21)9-14(18(15)23)19-22-16-8-12(6-7-17(16)24-19)11-4-2-1-3-5-11/h1-10,23H,21H2. The summed E-state index contributed by atoms with van der Waals surface area (Å²) >= 11 is 3.28. The van der Waals surface area contributed by atoms with E-state index in [1.54, 1.807) is 12.1 Å². The summed E-state index contributed by atoms with van der Waals surface area (Å²) in [4.78, 5) is 4.51. The van der Waals surface area contributed by atoms with E-state index in [9.17, 15) is 5.11 Å². The summed E-state index contributed by atoms with van der Waals surface area (Å²) in [7, 11) is 0. The quantitative estimate of drug-likeness (QED) is 0.369. The number of hydrogen-bond donors (Lipinski definition) is 2. The number of aromatic nitrogens is 1.